The lowest BCUT2D eigenvalue weighted by Gasteiger charge is -1.95. The van der Waals surface area contributed by atoms with Crippen molar-refractivity contribution in [3.05, 3.63) is 41.5 Å². The van der Waals surface area contributed by atoms with Gasteiger partial charge in [-0.2, -0.15) is 0 Å². The highest BCUT2D eigenvalue weighted by molar-refractivity contribution is 5.94. The highest BCUT2D eigenvalue weighted by Crippen LogP contribution is 2.04. The molecule has 1 aromatic carbocycles. The number of benzene rings is 1. The number of carbonyl (C=O) groups excluding carboxylic acids is 2. The second kappa shape index (κ2) is 5.10. The first-order valence-electron chi connectivity index (χ1n) is 4.55. The van der Waals surface area contributed by atoms with Crippen molar-refractivity contribution in [3.8, 4) is 0 Å². The molecule has 1 aromatic rings. The molecule has 0 amide bonds. The zero-order valence-corrected chi connectivity index (χ0v) is 8.69. The zero-order valence-electron chi connectivity index (χ0n) is 8.69. The first kappa shape index (κ1) is 11.2. The Morgan fingerprint density at radius 2 is 1.80 bits per heavy atom. The highest BCUT2D eigenvalue weighted by Gasteiger charge is 1.99. The van der Waals surface area contributed by atoms with Gasteiger partial charge in [0.15, 0.2) is 0 Å². The molecule has 0 bridgehead atoms. The molecule has 0 unspecified atom stereocenters. The standard InChI is InChI=1S/C12H12O3/c1-9-3-5-11(6-4-9)7-8-12(14)15-10(2)13/h3-8H,1-2H3/b8-7+. The summed E-state index contributed by atoms with van der Waals surface area (Å²) in [5, 5.41) is 0. The minimum absolute atomic E-state index is 0.603. The third kappa shape index (κ3) is 4.22. The third-order valence-electron chi connectivity index (χ3n) is 1.73. The van der Waals surface area contributed by atoms with E-state index in [1.54, 1.807) is 6.08 Å². The van der Waals surface area contributed by atoms with Crippen molar-refractivity contribution in [1.82, 2.24) is 0 Å². The SMILES string of the molecule is CC(=O)OC(=O)/C=C/c1ccc(C)cc1. The Balaban J connectivity index is 2.61. The fourth-order valence-electron chi connectivity index (χ4n) is 1.02. The summed E-state index contributed by atoms with van der Waals surface area (Å²) >= 11 is 0. The van der Waals surface area contributed by atoms with Gasteiger partial charge in [-0.1, -0.05) is 29.8 Å². The minimum atomic E-state index is -0.650. The second-order valence-corrected chi connectivity index (χ2v) is 3.16. The number of esters is 2. The molecular formula is C12H12O3. The molecule has 78 valence electrons. The minimum Gasteiger partial charge on any atom is -0.390 e. The zero-order chi connectivity index (χ0) is 11.3. The monoisotopic (exact) mass is 204 g/mol. The van der Waals surface area contributed by atoms with Crippen LogP contribution in [0.25, 0.3) is 6.08 Å². The molecule has 3 heteroatoms. The van der Waals surface area contributed by atoms with Gasteiger partial charge in [-0.3, -0.25) is 4.79 Å². The summed E-state index contributed by atoms with van der Waals surface area (Å²) < 4.78 is 4.33. The van der Waals surface area contributed by atoms with E-state index in [-0.39, 0.29) is 0 Å². The average Bonchev–Trinajstić information content (AvgIpc) is 2.16. The Morgan fingerprint density at radius 1 is 1.20 bits per heavy atom. The molecule has 0 radical (unpaired) electrons. The van der Waals surface area contributed by atoms with Gasteiger partial charge in [0.25, 0.3) is 0 Å². The maximum absolute atomic E-state index is 11.0. The Bertz CT molecular complexity index is 388. The number of ether oxygens (including phenoxy) is 1. The van der Waals surface area contributed by atoms with Crippen LogP contribution in [0.2, 0.25) is 0 Å². The van der Waals surface area contributed by atoms with Crippen LogP contribution in [-0.4, -0.2) is 11.9 Å². The summed E-state index contributed by atoms with van der Waals surface area (Å²) in [6, 6.07) is 7.64. The van der Waals surface area contributed by atoms with Crippen LogP contribution < -0.4 is 0 Å². The van der Waals surface area contributed by atoms with Crippen LogP contribution in [0.15, 0.2) is 30.3 Å². The Hall–Kier alpha value is -1.90. The molecule has 1 rings (SSSR count). The van der Waals surface area contributed by atoms with Crippen LogP contribution in [0.1, 0.15) is 18.1 Å². The van der Waals surface area contributed by atoms with Gasteiger partial charge in [0.2, 0.25) is 0 Å². The van der Waals surface area contributed by atoms with Crippen molar-refractivity contribution in [2.45, 2.75) is 13.8 Å². The number of rotatable bonds is 2. The molecule has 0 heterocycles. The van der Waals surface area contributed by atoms with E-state index in [9.17, 15) is 9.59 Å². The smallest absolute Gasteiger partial charge is 0.338 e. The van der Waals surface area contributed by atoms with Gasteiger partial charge in [-0.15, -0.1) is 0 Å². The van der Waals surface area contributed by atoms with Crippen molar-refractivity contribution >= 4 is 18.0 Å². The lowest BCUT2D eigenvalue weighted by Crippen LogP contribution is -2.05. The van der Waals surface area contributed by atoms with Crippen molar-refractivity contribution in [2.24, 2.45) is 0 Å². The predicted octanol–water partition coefficient (Wildman–Crippen LogP) is 2.10. The summed E-state index contributed by atoms with van der Waals surface area (Å²) in [5.74, 6) is -1.25. The van der Waals surface area contributed by atoms with Crippen molar-refractivity contribution in [2.75, 3.05) is 0 Å². The quantitative estimate of drug-likeness (QED) is 0.421. The van der Waals surface area contributed by atoms with Gasteiger partial charge in [-0.25, -0.2) is 4.79 Å². The summed E-state index contributed by atoms with van der Waals surface area (Å²) in [6.45, 7) is 3.18. The van der Waals surface area contributed by atoms with Gasteiger partial charge in [0.1, 0.15) is 0 Å². The Morgan fingerprint density at radius 3 is 2.33 bits per heavy atom. The molecule has 0 spiro atoms. The normalized spacial score (nSPS) is 10.3. The van der Waals surface area contributed by atoms with E-state index in [4.69, 9.17) is 0 Å². The van der Waals surface area contributed by atoms with Crippen LogP contribution in [0, 0.1) is 6.92 Å². The number of carbonyl (C=O) groups is 2. The van der Waals surface area contributed by atoms with E-state index < -0.39 is 11.9 Å². The number of hydrogen-bond acceptors (Lipinski definition) is 3. The summed E-state index contributed by atoms with van der Waals surface area (Å²) in [5.41, 5.74) is 2.04. The van der Waals surface area contributed by atoms with Crippen molar-refractivity contribution in [3.63, 3.8) is 0 Å². The van der Waals surface area contributed by atoms with Crippen molar-refractivity contribution in [1.29, 1.82) is 0 Å². The largest absolute Gasteiger partial charge is 0.390 e. The molecule has 3 nitrogen and oxygen atoms in total. The fraction of sp³-hybridized carbons (Fsp3) is 0.167. The molecule has 0 saturated heterocycles. The first-order chi connectivity index (χ1) is 7.08. The van der Waals surface area contributed by atoms with E-state index in [1.807, 2.05) is 31.2 Å². The molecule has 0 N–H and O–H groups in total. The fourth-order valence-corrected chi connectivity index (χ4v) is 1.02. The number of aryl methyl sites for hydroxylation is 1. The Labute approximate surface area is 88.4 Å². The molecule has 0 atom stereocenters. The molecule has 15 heavy (non-hydrogen) atoms. The van der Waals surface area contributed by atoms with Crippen LogP contribution in [0.5, 0.6) is 0 Å². The molecule has 0 saturated carbocycles. The van der Waals surface area contributed by atoms with E-state index in [0.29, 0.717) is 0 Å². The molecule has 0 fully saturated rings. The van der Waals surface area contributed by atoms with Gasteiger partial charge in [0.05, 0.1) is 0 Å². The molecule has 0 aliphatic heterocycles. The summed E-state index contributed by atoms with van der Waals surface area (Å²) in [6.07, 6.45) is 2.83. The van der Waals surface area contributed by atoms with E-state index in [0.717, 1.165) is 11.1 Å². The maximum atomic E-state index is 11.0. The highest BCUT2D eigenvalue weighted by atomic mass is 16.6. The van der Waals surface area contributed by atoms with Crippen LogP contribution in [0.4, 0.5) is 0 Å². The first-order valence-corrected chi connectivity index (χ1v) is 4.55. The maximum Gasteiger partial charge on any atom is 0.338 e. The van der Waals surface area contributed by atoms with Crippen LogP contribution >= 0.6 is 0 Å². The molecule has 0 aliphatic carbocycles. The molecule has 0 aliphatic rings. The molecular weight excluding hydrogens is 192 g/mol. The van der Waals surface area contributed by atoms with Gasteiger partial charge >= 0.3 is 11.9 Å². The van der Waals surface area contributed by atoms with E-state index >= 15 is 0 Å². The van der Waals surface area contributed by atoms with Gasteiger partial charge < -0.3 is 4.74 Å². The number of hydrogen-bond donors (Lipinski definition) is 0. The second-order valence-electron chi connectivity index (χ2n) is 3.16. The Kier molecular flexibility index (Phi) is 3.80. The van der Waals surface area contributed by atoms with Crippen molar-refractivity contribution < 1.29 is 14.3 Å². The summed E-state index contributed by atoms with van der Waals surface area (Å²) in [7, 11) is 0. The predicted molar refractivity (Wildman–Crippen MR) is 57.0 cm³/mol. The van der Waals surface area contributed by atoms with Crippen LogP contribution in [0.3, 0.4) is 0 Å². The molecule has 0 aromatic heterocycles. The van der Waals surface area contributed by atoms with Gasteiger partial charge in [-0.05, 0) is 18.6 Å². The lowest BCUT2D eigenvalue weighted by molar-refractivity contribution is -0.154. The lowest BCUT2D eigenvalue weighted by atomic mass is 10.1. The third-order valence-corrected chi connectivity index (χ3v) is 1.73. The summed E-state index contributed by atoms with van der Waals surface area (Å²) in [4.78, 5) is 21.4. The van der Waals surface area contributed by atoms with E-state index in [2.05, 4.69) is 4.74 Å². The van der Waals surface area contributed by atoms with E-state index in [1.165, 1.54) is 13.0 Å². The average molecular weight is 204 g/mol. The van der Waals surface area contributed by atoms with Gasteiger partial charge in [0, 0.05) is 13.0 Å². The van der Waals surface area contributed by atoms with Crippen LogP contribution in [-0.2, 0) is 14.3 Å². The topological polar surface area (TPSA) is 43.4 Å².